The van der Waals surface area contributed by atoms with E-state index in [2.05, 4.69) is 27.3 Å². The SMILES string of the molecule is CN1CC(C(=O)Nc2cccc(NC(=O)Nc3cccc4c3CCCC4)c2)NC1=O. The zero-order valence-electron chi connectivity index (χ0n) is 16.8. The van der Waals surface area contributed by atoms with Gasteiger partial charge in [-0.2, -0.15) is 0 Å². The summed E-state index contributed by atoms with van der Waals surface area (Å²) in [7, 11) is 1.63. The fourth-order valence-corrected chi connectivity index (χ4v) is 3.90. The lowest BCUT2D eigenvalue weighted by molar-refractivity contribution is -0.117. The van der Waals surface area contributed by atoms with E-state index in [9.17, 15) is 14.4 Å². The third kappa shape index (κ3) is 4.37. The van der Waals surface area contributed by atoms with Crippen LogP contribution in [0.15, 0.2) is 42.5 Å². The molecule has 1 aliphatic heterocycles. The molecule has 1 fully saturated rings. The highest BCUT2D eigenvalue weighted by Gasteiger charge is 2.31. The van der Waals surface area contributed by atoms with Gasteiger partial charge in [0.2, 0.25) is 5.91 Å². The molecule has 0 bridgehead atoms. The van der Waals surface area contributed by atoms with Crippen molar-refractivity contribution < 1.29 is 14.4 Å². The van der Waals surface area contributed by atoms with E-state index < -0.39 is 6.04 Å². The number of urea groups is 2. The predicted molar refractivity (Wildman–Crippen MR) is 116 cm³/mol. The summed E-state index contributed by atoms with van der Waals surface area (Å²) in [5.74, 6) is -0.301. The van der Waals surface area contributed by atoms with Crippen LogP contribution in [0.1, 0.15) is 24.0 Å². The van der Waals surface area contributed by atoms with Crippen LogP contribution in [-0.2, 0) is 17.6 Å². The van der Waals surface area contributed by atoms with E-state index >= 15 is 0 Å². The number of aryl methyl sites for hydroxylation is 1. The maximum Gasteiger partial charge on any atom is 0.323 e. The summed E-state index contributed by atoms with van der Waals surface area (Å²) in [6, 6.07) is 11.7. The highest BCUT2D eigenvalue weighted by Crippen LogP contribution is 2.28. The molecule has 156 valence electrons. The fourth-order valence-electron chi connectivity index (χ4n) is 3.90. The van der Waals surface area contributed by atoms with Crippen molar-refractivity contribution >= 4 is 35.0 Å². The van der Waals surface area contributed by atoms with E-state index in [0.29, 0.717) is 17.9 Å². The Labute approximate surface area is 175 Å². The average molecular weight is 407 g/mol. The Hall–Kier alpha value is -3.55. The number of hydrogen-bond donors (Lipinski definition) is 4. The first-order valence-corrected chi connectivity index (χ1v) is 10.1. The van der Waals surface area contributed by atoms with Gasteiger partial charge in [0.1, 0.15) is 6.04 Å². The molecule has 0 radical (unpaired) electrons. The van der Waals surface area contributed by atoms with Crippen LogP contribution in [0, 0.1) is 0 Å². The van der Waals surface area contributed by atoms with Crippen LogP contribution in [-0.4, -0.2) is 42.5 Å². The molecule has 1 atom stereocenters. The van der Waals surface area contributed by atoms with E-state index in [1.165, 1.54) is 22.4 Å². The molecule has 4 N–H and O–H groups in total. The number of rotatable bonds is 4. The zero-order chi connectivity index (χ0) is 21.1. The number of fused-ring (bicyclic) bond motifs is 1. The van der Waals surface area contributed by atoms with Crippen LogP contribution in [0.25, 0.3) is 0 Å². The molecule has 2 aromatic carbocycles. The highest BCUT2D eigenvalue weighted by atomic mass is 16.2. The summed E-state index contributed by atoms with van der Waals surface area (Å²) in [6.45, 7) is 0.312. The molecule has 1 heterocycles. The highest BCUT2D eigenvalue weighted by molar-refractivity contribution is 6.02. The van der Waals surface area contributed by atoms with Gasteiger partial charge in [-0.15, -0.1) is 0 Å². The number of carbonyl (C=O) groups is 3. The van der Waals surface area contributed by atoms with Gasteiger partial charge in [-0.3, -0.25) is 4.79 Å². The lowest BCUT2D eigenvalue weighted by Crippen LogP contribution is -2.38. The van der Waals surface area contributed by atoms with Crippen molar-refractivity contribution in [3.63, 3.8) is 0 Å². The maximum atomic E-state index is 12.5. The van der Waals surface area contributed by atoms with Crippen LogP contribution in [0.5, 0.6) is 0 Å². The second-order valence-corrected chi connectivity index (χ2v) is 7.68. The Morgan fingerprint density at radius 1 is 1.00 bits per heavy atom. The van der Waals surface area contributed by atoms with Gasteiger partial charge < -0.3 is 26.2 Å². The van der Waals surface area contributed by atoms with Crippen molar-refractivity contribution in [3.05, 3.63) is 53.6 Å². The van der Waals surface area contributed by atoms with Gasteiger partial charge in [-0.25, -0.2) is 9.59 Å². The lowest BCUT2D eigenvalue weighted by Gasteiger charge is -2.19. The molecule has 0 saturated carbocycles. The number of amides is 5. The quantitative estimate of drug-likeness (QED) is 0.626. The molecule has 8 nitrogen and oxygen atoms in total. The summed E-state index contributed by atoms with van der Waals surface area (Å²) < 4.78 is 0. The lowest BCUT2D eigenvalue weighted by atomic mass is 9.90. The molecule has 5 amide bonds. The van der Waals surface area contributed by atoms with Gasteiger partial charge in [-0.1, -0.05) is 18.2 Å². The van der Waals surface area contributed by atoms with Crippen LogP contribution in [0.3, 0.4) is 0 Å². The standard InChI is InChI=1S/C22H25N5O3/c1-27-13-19(26-22(27)30)20(28)23-15-8-5-9-16(12-15)24-21(29)25-18-11-4-7-14-6-2-3-10-17(14)18/h4-5,7-9,11-12,19H,2-3,6,10,13H2,1H3,(H,23,28)(H,26,30)(H2,24,25,29). The molecule has 2 aliphatic rings. The van der Waals surface area contributed by atoms with Crippen molar-refractivity contribution in [2.75, 3.05) is 29.5 Å². The molecule has 1 aliphatic carbocycles. The van der Waals surface area contributed by atoms with Gasteiger partial charge in [0.05, 0.1) is 6.54 Å². The van der Waals surface area contributed by atoms with Gasteiger partial charge in [0.15, 0.2) is 0 Å². The van der Waals surface area contributed by atoms with Crippen molar-refractivity contribution in [1.82, 2.24) is 10.2 Å². The molecule has 30 heavy (non-hydrogen) atoms. The second-order valence-electron chi connectivity index (χ2n) is 7.68. The molecule has 2 aromatic rings. The van der Waals surface area contributed by atoms with Crippen LogP contribution < -0.4 is 21.3 Å². The minimum Gasteiger partial charge on any atom is -0.325 e. The third-order valence-corrected chi connectivity index (χ3v) is 5.45. The van der Waals surface area contributed by atoms with Crippen molar-refractivity contribution in [3.8, 4) is 0 Å². The first-order chi connectivity index (χ1) is 14.5. The average Bonchev–Trinajstić information content (AvgIpc) is 3.07. The Morgan fingerprint density at radius 2 is 1.73 bits per heavy atom. The van der Waals surface area contributed by atoms with E-state index in [1.54, 1.807) is 31.3 Å². The monoisotopic (exact) mass is 407 g/mol. The number of hydrogen-bond acceptors (Lipinski definition) is 3. The van der Waals surface area contributed by atoms with Crippen molar-refractivity contribution in [2.24, 2.45) is 0 Å². The minimum atomic E-state index is -0.605. The van der Waals surface area contributed by atoms with Gasteiger partial charge in [-0.05, 0) is 61.1 Å². The molecule has 1 unspecified atom stereocenters. The van der Waals surface area contributed by atoms with E-state index in [4.69, 9.17) is 0 Å². The van der Waals surface area contributed by atoms with Crippen LogP contribution >= 0.6 is 0 Å². The van der Waals surface area contributed by atoms with Gasteiger partial charge in [0, 0.05) is 24.1 Å². The maximum absolute atomic E-state index is 12.5. The summed E-state index contributed by atoms with van der Waals surface area (Å²) in [5, 5.41) is 11.2. The zero-order valence-corrected chi connectivity index (χ0v) is 16.8. The molecule has 4 rings (SSSR count). The molecular formula is C22H25N5O3. The first kappa shape index (κ1) is 19.8. The number of carbonyl (C=O) groups excluding carboxylic acids is 3. The summed E-state index contributed by atoms with van der Waals surface area (Å²) in [5.41, 5.74) is 4.45. The number of nitrogens with one attached hydrogen (secondary N) is 4. The van der Waals surface area contributed by atoms with Gasteiger partial charge >= 0.3 is 12.1 Å². The Balaban J connectivity index is 1.38. The Kier molecular flexibility index (Phi) is 5.56. The first-order valence-electron chi connectivity index (χ1n) is 10.1. The molecular weight excluding hydrogens is 382 g/mol. The van der Waals surface area contributed by atoms with E-state index in [-0.39, 0.29) is 18.0 Å². The second kappa shape index (κ2) is 8.44. The van der Waals surface area contributed by atoms with Crippen LogP contribution in [0.2, 0.25) is 0 Å². The third-order valence-electron chi connectivity index (χ3n) is 5.45. The number of anilines is 3. The number of nitrogens with zero attached hydrogens (tertiary/aromatic N) is 1. The number of benzene rings is 2. The topological polar surface area (TPSA) is 103 Å². The smallest absolute Gasteiger partial charge is 0.323 e. The largest absolute Gasteiger partial charge is 0.325 e. The predicted octanol–water partition coefficient (Wildman–Crippen LogP) is 3.17. The molecule has 1 saturated heterocycles. The summed E-state index contributed by atoms with van der Waals surface area (Å²) >= 11 is 0. The summed E-state index contributed by atoms with van der Waals surface area (Å²) in [4.78, 5) is 37.9. The molecule has 0 spiro atoms. The van der Waals surface area contributed by atoms with E-state index in [1.807, 2.05) is 12.1 Å². The minimum absolute atomic E-state index is 0.273. The van der Waals surface area contributed by atoms with Crippen molar-refractivity contribution in [2.45, 2.75) is 31.7 Å². The van der Waals surface area contributed by atoms with E-state index in [0.717, 1.165) is 24.9 Å². The van der Waals surface area contributed by atoms with Gasteiger partial charge in [0.25, 0.3) is 0 Å². The molecule has 0 aromatic heterocycles. The molecule has 8 heteroatoms. The Bertz CT molecular complexity index is 990. The van der Waals surface area contributed by atoms with Crippen LogP contribution in [0.4, 0.5) is 26.7 Å². The normalized spacial score (nSPS) is 17.7. The fraction of sp³-hybridized carbons (Fsp3) is 0.318. The Morgan fingerprint density at radius 3 is 2.50 bits per heavy atom. The number of likely N-dealkylation sites (N-methyl/N-ethyl adjacent to an activating group) is 1. The van der Waals surface area contributed by atoms with Crippen molar-refractivity contribution in [1.29, 1.82) is 0 Å². The summed E-state index contributed by atoms with van der Waals surface area (Å²) in [6.07, 6.45) is 4.33.